The van der Waals surface area contributed by atoms with Gasteiger partial charge in [0.2, 0.25) is 0 Å². The van der Waals surface area contributed by atoms with E-state index in [1.807, 2.05) is 12.1 Å². The summed E-state index contributed by atoms with van der Waals surface area (Å²) in [6.45, 7) is 0. The minimum Gasteiger partial charge on any atom is -0.207 e. The first-order valence-corrected chi connectivity index (χ1v) is 13.2. The van der Waals surface area contributed by atoms with Crippen molar-refractivity contribution in [3.05, 3.63) is 168 Å². The second kappa shape index (κ2) is 11.3. The molecule has 0 spiro atoms. The lowest BCUT2D eigenvalue weighted by atomic mass is 9.91. The molecular formula is C37H24F4. The van der Waals surface area contributed by atoms with E-state index in [0.29, 0.717) is 6.42 Å². The van der Waals surface area contributed by atoms with Gasteiger partial charge in [-0.05, 0) is 123 Å². The molecule has 0 amide bonds. The van der Waals surface area contributed by atoms with Crippen LogP contribution in [-0.4, -0.2) is 0 Å². The summed E-state index contributed by atoms with van der Waals surface area (Å²) >= 11 is 0. The van der Waals surface area contributed by atoms with Crippen LogP contribution in [0.4, 0.5) is 17.6 Å². The molecule has 0 atom stereocenters. The minimum absolute atomic E-state index is 0.311. The van der Waals surface area contributed by atoms with E-state index < -0.39 is 0 Å². The second-order valence-electron chi connectivity index (χ2n) is 10.0. The predicted molar refractivity (Wildman–Crippen MR) is 157 cm³/mol. The summed E-state index contributed by atoms with van der Waals surface area (Å²) in [5.74, 6) is -1.24. The molecule has 0 fully saturated rings. The molecule has 4 heteroatoms. The molecule has 200 valence electrons. The van der Waals surface area contributed by atoms with Crippen molar-refractivity contribution in [3.8, 4) is 44.5 Å². The third-order valence-corrected chi connectivity index (χ3v) is 7.10. The molecule has 0 bridgehead atoms. The largest absolute Gasteiger partial charge is 0.207 e. The third-order valence-electron chi connectivity index (χ3n) is 7.10. The molecule has 0 unspecified atom stereocenters. The van der Waals surface area contributed by atoms with Crippen molar-refractivity contribution in [3.63, 3.8) is 0 Å². The van der Waals surface area contributed by atoms with Crippen LogP contribution in [0, 0.1) is 23.3 Å². The molecule has 0 radical (unpaired) electrons. The van der Waals surface area contributed by atoms with Gasteiger partial charge in [0.05, 0.1) is 0 Å². The molecule has 0 aromatic heterocycles. The van der Waals surface area contributed by atoms with Gasteiger partial charge in [-0.15, -0.1) is 0 Å². The lowest BCUT2D eigenvalue weighted by Crippen LogP contribution is -1.94. The molecule has 0 aliphatic carbocycles. The van der Waals surface area contributed by atoms with Crippen molar-refractivity contribution in [2.45, 2.75) is 6.42 Å². The van der Waals surface area contributed by atoms with Gasteiger partial charge < -0.3 is 0 Å². The average Bonchev–Trinajstić information content (AvgIpc) is 2.98. The van der Waals surface area contributed by atoms with Crippen LogP contribution in [0.5, 0.6) is 0 Å². The first-order chi connectivity index (χ1) is 19.9. The van der Waals surface area contributed by atoms with Crippen molar-refractivity contribution in [2.24, 2.45) is 0 Å². The Morgan fingerprint density at radius 1 is 0.268 bits per heavy atom. The molecule has 0 saturated heterocycles. The number of hydrogen-bond donors (Lipinski definition) is 0. The normalized spacial score (nSPS) is 11.0. The van der Waals surface area contributed by atoms with Crippen LogP contribution < -0.4 is 0 Å². The van der Waals surface area contributed by atoms with Crippen LogP contribution in [0.25, 0.3) is 44.5 Å². The SMILES string of the molecule is Fc1ccc(-c2cc(Cc3cc(-c4ccc(F)cc4)cc(-c4ccc(F)cc4)c3)cc(-c3ccc(F)cc3)c2)cc1. The van der Waals surface area contributed by atoms with Crippen LogP contribution in [0.2, 0.25) is 0 Å². The summed E-state index contributed by atoms with van der Waals surface area (Å²) in [4.78, 5) is 0. The molecular weight excluding hydrogens is 520 g/mol. The van der Waals surface area contributed by atoms with Gasteiger partial charge in [-0.25, -0.2) is 17.6 Å². The van der Waals surface area contributed by atoms with E-state index in [4.69, 9.17) is 0 Å². The topological polar surface area (TPSA) is 0 Å². The van der Waals surface area contributed by atoms with Crippen molar-refractivity contribution < 1.29 is 17.6 Å². The summed E-state index contributed by atoms with van der Waals surface area (Å²) in [5, 5.41) is 0. The highest BCUT2D eigenvalue weighted by Crippen LogP contribution is 2.33. The van der Waals surface area contributed by atoms with Crippen LogP contribution in [0.15, 0.2) is 133 Å². The molecule has 0 N–H and O–H groups in total. The van der Waals surface area contributed by atoms with Crippen LogP contribution in [0.3, 0.4) is 0 Å². The number of hydrogen-bond acceptors (Lipinski definition) is 0. The lowest BCUT2D eigenvalue weighted by Gasteiger charge is -2.14. The van der Waals surface area contributed by atoms with E-state index >= 15 is 0 Å². The average molecular weight is 545 g/mol. The molecule has 6 aromatic carbocycles. The first-order valence-electron chi connectivity index (χ1n) is 13.2. The zero-order valence-corrected chi connectivity index (χ0v) is 21.9. The van der Waals surface area contributed by atoms with E-state index in [0.717, 1.165) is 55.6 Å². The summed E-state index contributed by atoms with van der Waals surface area (Å²) in [6.07, 6.45) is 0.562. The van der Waals surface area contributed by atoms with E-state index in [1.165, 1.54) is 48.5 Å². The van der Waals surface area contributed by atoms with Gasteiger partial charge in [0, 0.05) is 0 Å². The standard InChI is InChI=1S/C37H24F4/c38-34-9-1-26(2-10-34)30-18-24(19-31(22-30)27-3-11-35(39)12-4-27)17-25-20-32(28-5-13-36(40)14-6-28)23-33(21-25)29-7-15-37(41)16-8-29/h1-16,18-23H,17H2. The lowest BCUT2D eigenvalue weighted by molar-refractivity contribution is 0.627. The highest BCUT2D eigenvalue weighted by atomic mass is 19.1. The van der Waals surface area contributed by atoms with E-state index in [2.05, 4.69) is 24.3 Å². The fourth-order valence-corrected chi connectivity index (χ4v) is 5.06. The quantitative estimate of drug-likeness (QED) is 0.183. The zero-order valence-electron chi connectivity index (χ0n) is 21.9. The summed E-state index contributed by atoms with van der Waals surface area (Å²) in [6, 6.07) is 37.7. The molecule has 0 nitrogen and oxygen atoms in total. The molecule has 6 aromatic rings. The smallest absolute Gasteiger partial charge is 0.123 e. The highest BCUT2D eigenvalue weighted by molar-refractivity contribution is 5.76. The molecule has 0 saturated carbocycles. The van der Waals surface area contributed by atoms with E-state index in [9.17, 15) is 17.6 Å². The van der Waals surface area contributed by atoms with E-state index in [1.54, 1.807) is 48.5 Å². The fraction of sp³-hybridized carbons (Fsp3) is 0.0270. The van der Waals surface area contributed by atoms with Crippen LogP contribution >= 0.6 is 0 Å². The molecule has 41 heavy (non-hydrogen) atoms. The fourth-order valence-electron chi connectivity index (χ4n) is 5.06. The minimum atomic E-state index is -0.311. The Morgan fingerprint density at radius 3 is 0.707 bits per heavy atom. The van der Waals surface area contributed by atoms with Crippen molar-refractivity contribution in [1.29, 1.82) is 0 Å². The van der Waals surface area contributed by atoms with Gasteiger partial charge in [-0.1, -0.05) is 72.8 Å². The van der Waals surface area contributed by atoms with Crippen molar-refractivity contribution in [2.75, 3.05) is 0 Å². The third kappa shape index (κ3) is 6.12. The summed E-state index contributed by atoms with van der Waals surface area (Å²) < 4.78 is 54.7. The predicted octanol–water partition coefficient (Wildman–Crippen LogP) is 10.5. The van der Waals surface area contributed by atoms with Gasteiger partial charge >= 0.3 is 0 Å². The number of halogens is 4. The molecule has 6 rings (SSSR count). The Labute approximate surface area is 236 Å². The maximum absolute atomic E-state index is 13.7. The maximum atomic E-state index is 13.7. The van der Waals surface area contributed by atoms with Crippen LogP contribution in [-0.2, 0) is 6.42 Å². The monoisotopic (exact) mass is 544 g/mol. The molecule has 0 aliphatic rings. The summed E-state index contributed by atoms with van der Waals surface area (Å²) in [5.41, 5.74) is 9.12. The Kier molecular flexibility index (Phi) is 7.22. The van der Waals surface area contributed by atoms with Crippen LogP contribution in [0.1, 0.15) is 11.1 Å². The van der Waals surface area contributed by atoms with Crippen molar-refractivity contribution >= 4 is 0 Å². The second-order valence-corrected chi connectivity index (χ2v) is 10.0. The highest BCUT2D eigenvalue weighted by Gasteiger charge is 2.11. The number of rotatable bonds is 6. The van der Waals surface area contributed by atoms with Gasteiger partial charge in [0.1, 0.15) is 23.3 Å². The first kappa shape index (κ1) is 26.3. The van der Waals surface area contributed by atoms with Gasteiger partial charge in [-0.2, -0.15) is 0 Å². The molecule has 0 aliphatic heterocycles. The number of benzene rings is 6. The Balaban J connectivity index is 1.46. The van der Waals surface area contributed by atoms with E-state index in [-0.39, 0.29) is 23.3 Å². The molecule has 0 heterocycles. The Morgan fingerprint density at radius 2 is 0.488 bits per heavy atom. The maximum Gasteiger partial charge on any atom is 0.123 e. The Hall–Kier alpha value is -4.96. The van der Waals surface area contributed by atoms with Gasteiger partial charge in [0.15, 0.2) is 0 Å². The zero-order chi connectivity index (χ0) is 28.3. The Bertz CT molecular complexity index is 1540. The van der Waals surface area contributed by atoms with Crippen molar-refractivity contribution in [1.82, 2.24) is 0 Å². The van der Waals surface area contributed by atoms with Gasteiger partial charge in [-0.3, -0.25) is 0 Å². The van der Waals surface area contributed by atoms with Gasteiger partial charge in [0.25, 0.3) is 0 Å². The summed E-state index contributed by atoms with van der Waals surface area (Å²) in [7, 11) is 0.